The molecule has 0 aliphatic heterocycles. The zero-order valence-corrected chi connectivity index (χ0v) is 18.2. The smallest absolute Gasteiger partial charge is 0.242 e. The second-order valence-electron chi connectivity index (χ2n) is 6.92. The molecule has 1 amide bonds. The van der Waals surface area contributed by atoms with Crippen molar-refractivity contribution in [3.63, 3.8) is 0 Å². The maximum Gasteiger partial charge on any atom is 0.242 e. The van der Waals surface area contributed by atoms with Crippen LogP contribution in [0.15, 0.2) is 39.7 Å². The van der Waals surface area contributed by atoms with Crippen molar-refractivity contribution in [2.75, 3.05) is 19.6 Å². The Morgan fingerprint density at radius 3 is 2.58 bits per heavy atom. The first-order chi connectivity index (χ1) is 11.9. The fourth-order valence-corrected chi connectivity index (χ4v) is 2.41. The lowest BCUT2D eigenvalue weighted by molar-refractivity contribution is -0.121. The zero-order valence-electron chi connectivity index (χ0n) is 15.9. The summed E-state index contributed by atoms with van der Waals surface area (Å²) in [5.74, 6) is 1.46. The van der Waals surface area contributed by atoms with E-state index in [4.69, 9.17) is 4.42 Å². The number of benzene rings is 1. The Kier molecular flexibility index (Phi) is 8.91. The topological polar surface area (TPSA) is 78.7 Å². The van der Waals surface area contributed by atoms with Gasteiger partial charge in [0.25, 0.3) is 0 Å². The fraction of sp³-hybridized carbons (Fsp3) is 0.474. The molecule has 144 valence electrons. The second-order valence-corrected chi connectivity index (χ2v) is 6.92. The Morgan fingerprint density at radius 2 is 1.92 bits per heavy atom. The van der Waals surface area contributed by atoms with Gasteiger partial charge >= 0.3 is 0 Å². The van der Waals surface area contributed by atoms with Crippen molar-refractivity contribution < 1.29 is 9.21 Å². The highest BCUT2D eigenvalue weighted by molar-refractivity contribution is 14.0. The predicted octanol–water partition coefficient (Wildman–Crippen LogP) is 3.06. The molecule has 0 atom stereocenters. The summed E-state index contributed by atoms with van der Waals surface area (Å²) >= 11 is 0. The summed E-state index contributed by atoms with van der Waals surface area (Å²) in [7, 11) is 0. The van der Waals surface area contributed by atoms with Crippen LogP contribution < -0.4 is 16.0 Å². The molecule has 1 heterocycles. The van der Waals surface area contributed by atoms with E-state index in [0.29, 0.717) is 12.5 Å². The van der Waals surface area contributed by atoms with Gasteiger partial charge in [0.1, 0.15) is 17.9 Å². The van der Waals surface area contributed by atoms with Crippen molar-refractivity contribution in [1.82, 2.24) is 16.0 Å². The number of fused-ring (bicyclic) bond motifs is 1. The van der Waals surface area contributed by atoms with Crippen molar-refractivity contribution in [2.45, 2.75) is 39.7 Å². The molecule has 0 radical (unpaired) electrons. The van der Waals surface area contributed by atoms with Crippen LogP contribution in [-0.4, -0.2) is 37.0 Å². The molecular weight excluding hydrogens is 443 g/mol. The van der Waals surface area contributed by atoms with Crippen molar-refractivity contribution in [3.05, 3.63) is 36.1 Å². The first-order valence-electron chi connectivity index (χ1n) is 8.68. The van der Waals surface area contributed by atoms with E-state index in [-0.39, 0.29) is 42.0 Å². The normalized spacial score (nSPS) is 11.8. The number of carbonyl (C=O) groups excluding carboxylic acids is 1. The quantitative estimate of drug-likeness (QED) is 0.343. The number of rotatable bonds is 6. The van der Waals surface area contributed by atoms with Gasteiger partial charge < -0.3 is 20.4 Å². The number of guanidine groups is 1. The highest BCUT2D eigenvalue weighted by Crippen LogP contribution is 2.18. The number of para-hydroxylation sites is 1. The van der Waals surface area contributed by atoms with E-state index in [2.05, 4.69) is 27.0 Å². The largest absolute Gasteiger partial charge is 0.461 e. The third-order valence-electron chi connectivity index (χ3n) is 3.38. The minimum absolute atomic E-state index is 0. The molecule has 7 heteroatoms. The van der Waals surface area contributed by atoms with Gasteiger partial charge in [0.2, 0.25) is 5.91 Å². The molecule has 0 saturated heterocycles. The van der Waals surface area contributed by atoms with Crippen molar-refractivity contribution in [3.8, 4) is 0 Å². The van der Waals surface area contributed by atoms with Crippen LogP contribution in [0.1, 0.15) is 33.5 Å². The van der Waals surface area contributed by atoms with Gasteiger partial charge in [-0.05, 0) is 39.8 Å². The number of hydrogen-bond donors (Lipinski definition) is 3. The van der Waals surface area contributed by atoms with Crippen LogP contribution in [0.25, 0.3) is 11.0 Å². The van der Waals surface area contributed by atoms with Crippen LogP contribution in [0.4, 0.5) is 0 Å². The maximum atomic E-state index is 11.9. The highest BCUT2D eigenvalue weighted by atomic mass is 127. The number of amides is 1. The summed E-state index contributed by atoms with van der Waals surface area (Å²) in [4.78, 5) is 16.2. The number of hydrogen-bond acceptors (Lipinski definition) is 3. The number of nitrogens with one attached hydrogen (secondary N) is 3. The number of nitrogens with zero attached hydrogens (tertiary/aromatic N) is 1. The summed E-state index contributed by atoms with van der Waals surface area (Å²) in [5.41, 5.74) is 0.650. The highest BCUT2D eigenvalue weighted by Gasteiger charge is 2.13. The van der Waals surface area contributed by atoms with Gasteiger partial charge in [-0.3, -0.25) is 4.79 Å². The molecule has 0 aliphatic rings. The van der Waals surface area contributed by atoms with E-state index in [0.717, 1.165) is 29.7 Å². The van der Waals surface area contributed by atoms with Gasteiger partial charge in [0.15, 0.2) is 5.96 Å². The summed E-state index contributed by atoms with van der Waals surface area (Å²) < 4.78 is 5.80. The predicted molar refractivity (Wildman–Crippen MR) is 117 cm³/mol. The molecule has 3 N–H and O–H groups in total. The van der Waals surface area contributed by atoms with Gasteiger partial charge in [0, 0.05) is 30.4 Å². The Morgan fingerprint density at radius 1 is 1.19 bits per heavy atom. The van der Waals surface area contributed by atoms with Crippen molar-refractivity contribution in [2.24, 2.45) is 4.99 Å². The molecule has 1 aromatic carbocycles. The van der Waals surface area contributed by atoms with Crippen LogP contribution in [0.3, 0.4) is 0 Å². The monoisotopic (exact) mass is 472 g/mol. The van der Waals surface area contributed by atoms with E-state index in [9.17, 15) is 4.79 Å². The van der Waals surface area contributed by atoms with Crippen LogP contribution in [0.5, 0.6) is 0 Å². The molecule has 0 bridgehead atoms. The number of halogens is 1. The zero-order chi connectivity index (χ0) is 18.3. The van der Waals surface area contributed by atoms with Gasteiger partial charge in [-0.15, -0.1) is 24.0 Å². The average molecular weight is 472 g/mol. The van der Waals surface area contributed by atoms with Crippen LogP contribution in [0, 0.1) is 0 Å². The Hall–Kier alpha value is -1.77. The lowest BCUT2D eigenvalue weighted by Gasteiger charge is -2.20. The van der Waals surface area contributed by atoms with E-state index in [1.54, 1.807) is 0 Å². The molecule has 0 aliphatic carbocycles. The molecule has 0 unspecified atom stereocenters. The molecule has 26 heavy (non-hydrogen) atoms. The van der Waals surface area contributed by atoms with Crippen LogP contribution in [0.2, 0.25) is 0 Å². The van der Waals surface area contributed by atoms with E-state index < -0.39 is 0 Å². The van der Waals surface area contributed by atoms with Crippen LogP contribution in [-0.2, 0) is 11.2 Å². The van der Waals surface area contributed by atoms with Gasteiger partial charge in [-0.25, -0.2) is 4.99 Å². The molecular formula is C19H29IN4O2. The second kappa shape index (κ2) is 10.4. The van der Waals surface area contributed by atoms with Gasteiger partial charge in [0.05, 0.1) is 0 Å². The average Bonchev–Trinajstić information content (AvgIpc) is 2.93. The lowest BCUT2D eigenvalue weighted by Crippen LogP contribution is -2.43. The lowest BCUT2D eigenvalue weighted by atomic mass is 10.1. The minimum Gasteiger partial charge on any atom is -0.461 e. The summed E-state index contributed by atoms with van der Waals surface area (Å²) in [5, 5.41) is 10.4. The molecule has 0 spiro atoms. The van der Waals surface area contributed by atoms with E-state index >= 15 is 0 Å². The molecule has 0 fully saturated rings. The Labute approximate surface area is 172 Å². The first-order valence-corrected chi connectivity index (χ1v) is 8.68. The van der Waals surface area contributed by atoms with Crippen LogP contribution >= 0.6 is 24.0 Å². The van der Waals surface area contributed by atoms with Gasteiger partial charge in [-0.2, -0.15) is 0 Å². The fourth-order valence-electron chi connectivity index (χ4n) is 2.41. The summed E-state index contributed by atoms with van der Waals surface area (Å²) in [6, 6.07) is 10.0. The van der Waals surface area contributed by atoms with Crippen molar-refractivity contribution in [1.29, 1.82) is 0 Å². The number of carbonyl (C=O) groups is 1. The van der Waals surface area contributed by atoms with E-state index in [1.165, 1.54) is 0 Å². The number of furan rings is 1. The SMILES string of the molecule is CCNC(=NCC(=O)NC(C)(C)C)NCCc1cc2ccccc2o1.I. The maximum absolute atomic E-state index is 11.9. The molecule has 2 rings (SSSR count). The van der Waals surface area contributed by atoms with E-state index in [1.807, 2.05) is 52.0 Å². The van der Waals surface area contributed by atoms with Gasteiger partial charge in [-0.1, -0.05) is 18.2 Å². The summed E-state index contributed by atoms with van der Waals surface area (Å²) in [6.07, 6.45) is 0.743. The molecule has 1 aromatic heterocycles. The molecule has 6 nitrogen and oxygen atoms in total. The third kappa shape index (κ3) is 7.63. The first kappa shape index (κ1) is 22.3. The van der Waals surface area contributed by atoms with Crippen molar-refractivity contribution >= 4 is 46.8 Å². The standard InChI is InChI=1S/C19H28N4O2.HI/c1-5-20-18(22-13-17(24)23-19(2,3)4)21-11-10-15-12-14-8-6-7-9-16(14)25-15;/h6-9,12H,5,10-11,13H2,1-4H3,(H,23,24)(H2,20,21,22);1H. The Balaban J connectivity index is 0.00000338. The number of aliphatic imine (C=N–C) groups is 1. The minimum atomic E-state index is -0.250. The third-order valence-corrected chi connectivity index (χ3v) is 3.38. The Bertz CT molecular complexity index is 701. The molecule has 2 aromatic rings. The summed E-state index contributed by atoms with van der Waals surface area (Å²) in [6.45, 7) is 9.34. The molecule has 0 saturated carbocycles.